The highest BCUT2D eigenvalue weighted by atomic mass is 19.1. The second-order valence-corrected chi connectivity index (χ2v) is 4.59. The van der Waals surface area contributed by atoms with Crippen molar-refractivity contribution in [1.29, 1.82) is 0 Å². The molecule has 0 spiro atoms. The molecule has 1 aliphatic rings. The van der Waals surface area contributed by atoms with E-state index < -0.39 is 0 Å². The van der Waals surface area contributed by atoms with Gasteiger partial charge in [0.15, 0.2) is 0 Å². The maximum Gasteiger partial charge on any atom is 0.237 e. The first-order valence-electron chi connectivity index (χ1n) is 6.06. The number of hydrogen-bond donors (Lipinski definition) is 1. The number of nitrogens with one attached hydrogen (secondary N) is 1. The smallest absolute Gasteiger partial charge is 0.237 e. The van der Waals surface area contributed by atoms with Crippen molar-refractivity contribution in [2.45, 2.75) is 6.42 Å². The van der Waals surface area contributed by atoms with Crippen LogP contribution in [0.2, 0.25) is 0 Å². The van der Waals surface area contributed by atoms with E-state index in [4.69, 9.17) is 0 Å². The van der Waals surface area contributed by atoms with Crippen LogP contribution in [0.5, 0.6) is 0 Å². The van der Waals surface area contributed by atoms with Crippen LogP contribution in [0, 0.1) is 5.82 Å². The molecule has 1 fully saturated rings. The van der Waals surface area contributed by atoms with Gasteiger partial charge < -0.3 is 10.2 Å². The molecule has 0 radical (unpaired) electrons. The monoisotopic (exact) mass is 265 g/mol. The van der Waals surface area contributed by atoms with E-state index in [-0.39, 0.29) is 17.6 Å². The zero-order valence-corrected chi connectivity index (χ0v) is 10.7. The number of amides is 2. The number of carbonyl (C=O) groups excluding carboxylic acids is 2. The number of rotatable bonds is 4. The molecule has 2 amide bonds. The van der Waals surface area contributed by atoms with E-state index in [2.05, 4.69) is 5.32 Å². The van der Waals surface area contributed by atoms with Gasteiger partial charge in [-0.3, -0.25) is 14.5 Å². The Balaban J connectivity index is 1.76. The first-order chi connectivity index (χ1) is 9.04. The van der Waals surface area contributed by atoms with Gasteiger partial charge in [-0.2, -0.15) is 0 Å². The molecule has 1 aromatic carbocycles. The van der Waals surface area contributed by atoms with Crippen molar-refractivity contribution in [1.82, 2.24) is 9.80 Å². The summed E-state index contributed by atoms with van der Waals surface area (Å²) in [6, 6.07) is 5.62. The first-order valence-corrected chi connectivity index (χ1v) is 6.06. The van der Waals surface area contributed by atoms with E-state index in [1.807, 2.05) is 4.90 Å². The summed E-state index contributed by atoms with van der Waals surface area (Å²) in [5.74, 6) is -0.413. The minimum absolute atomic E-state index is 0.0685. The maximum atomic E-state index is 12.7. The maximum absolute atomic E-state index is 12.7. The van der Waals surface area contributed by atoms with E-state index in [1.165, 1.54) is 24.3 Å². The second-order valence-electron chi connectivity index (χ2n) is 4.59. The number of nitrogens with zero attached hydrogens (tertiary/aromatic N) is 2. The molecule has 19 heavy (non-hydrogen) atoms. The van der Waals surface area contributed by atoms with Crippen LogP contribution in [0.25, 0.3) is 0 Å². The zero-order chi connectivity index (χ0) is 13.8. The lowest BCUT2D eigenvalue weighted by atomic mass is 10.3. The minimum atomic E-state index is -0.336. The summed E-state index contributed by atoms with van der Waals surface area (Å²) in [6.07, 6.45) is 0.304. The largest absolute Gasteiger partial charge is 0.332 e. The van der Waals surface area contributed by atoms with E-state index in [0.717, 1.165) is 0 Å². The fraction of sp³-hybridized carbons (Fsp3) is 0.385. The summed E-state index contributed by atoms with van der Waals surface area (Å²) in [5.41, 5.74) is 0.570. The third-order valence-corrected chi connectivity index (χ3v) is 2.98. The SMILES string of the molecule is CN1CN(CCC(=O)Nc2ccc(F)cc2)CC1=O. The molecule has 1 N–H and O–H groups in total. The molecule has 1 saturated heterocycles. The molecule has 1 heterocycles. The standard InChI is InChI=1S/C13H16FN3O2/c1-16-9-17(8-13(16)19)7-6-12(18)15-11-4-2-10(14)3-5-11/h2-5H,6-9H2,1H3,(H,15,18). The topological polar surface area (TPSA) is 52.6 Å². The number of hydrogen-bond acceptors (Lipinski definition) is 3. The van der Waals surface area contributed by atoms with Crippen LogP contribution in [0.3, 0.4) is 0 Å². The zero-order valence-electron chi connectivity index (χ0n) is 10.7. The molecule has 0 unspecified atom stereocenters. The lowest BCUT2D eigenvalue weighted by Gasteiger charge is -2.14. The van der Waals surface area contributed by atoms with Crippen LogP contribution in [0.1, 0.15) is 6.42 Å². The summed E-state index contributed by atoms with van der Waals surface area (Å²) in [5, 5.41) is 2.68. The highest BCUT2D eigenvalue weighted by molar-refractivity contribution is 5.90. The van der Waals surface area contributed by atoms with Crippen molar-refractivity contribution in [3.05, 3.63) is 30.1 Å². The summed E-state index contributed by atoms with van der Waals surface area (Å²) in [4.78, 5) is 26.5. The summed E-state index contributed by atoms with van der Waals surface area (Å²) in [7, 11) is 1.74. The van der Waals surface area contributed by atoms with Gasteiger partial charge in [0.05, 0.1) is 13.2 Å². The molecule has 2 rings (SSSR count). The number of carbonyl (C=O) groups is 2. The molecule has 0 aromatic heterocycles. The highest BCUT2D eigenvalue weighted by Gasteiger charge is 2.24. The van der Waals surface area contributed by atoms with Crippen molar-refractivity contribution < 1.29 is 14.0 Å². The predicted molar refractivity (Wildman–Crippen MR) is 68.9 cm³/mol. The van der Waals surface area contributed by atoms with Gasteiger partial charge in [-0.05, 0) is 24.3 Å². The van der Waals surface area contributed by atoms with Crippen LogP contribution in [0.4, 0.5) is 10.1 Å². The van der Waals surface area contributed by atoms with E-state index in [1.54, 1.807) is 11.9 Å². The number of halogens is 1. The third kappa shape index (κ3) is 3.75. The second kappa shape index (κ2) is 5.79. The quantitative estimate of drug-likeness (QED) is 0.879. The Morgan fingerprint density at radius 1 is 1.37 bits per heavy atom. The molecule has 1 aromatic rings. The molecule has 1 aliphatic heterocycles. The van der Waals surface area contributed by atoms with Gasteiger partial charge in [0.1, 0.15) is 5.82 Å². The van der Waals surface area contributed by atoms with Gasteiger partial charge in [-0.15, -0.1) is 0 Å². The van der Waals surface area contributed by atoms with Crippen molar-refractivity contribution in [2.75, 3.05) is 32.1 Å². The lowest BCUT2D eigenvalue weighted by Crippen LogP contribution is -2.27. The molecule has 0 bridgehead atoms. The molecule has 102 valence electrons. The molecule has 0 aliphatic carbocycles. The van der Waals surface area contributed by atoms with E-state index in [9.17, 15) is 14.0 Å². The van der Waals surface area contributed by atoms with Gasteiger partial charge in [-0.25, -0.2) is 4.39 Å². The Morgan fingerprint density at radius 2 is 2.05 bits per heavy atom. The summed E-state index contributed by atoms with van der Waals surface area (Å²) < 4.78 is 12.7. The fourth-order valence-corrected chi connectivity index (χ4v) is 1.91. The van der Waals surface area contributed by atoms with Crippen molar-refractivity contribution in [2.24, 2.45) is 0 Å². The molecule has 0 atom stereocenters. The van der Waals surface area contributed by atoms with Gasteiger partial charge in [0, 0.05) is 25.7 Å². The lowest BCUT2D eigenvalue weighted by molar-refractivity contribution is -0.125. The van der Waals surface area contributed by atoms with E-state index >= 15 is 0 Å². The fourth-order valence-electron chi connectivity index (χ4n) is 1.91. The van der Waals surface area contributed by atoms with Crippen LogP contribution >= 0.6 is 0 Å². The first kappa shape index (κ1) is 13.5. The van der Waals surface area contributed by atoms with Crippen LogP contribution in [-0.4, -0.2) is 48.4 Å². The van der Waals surface area contributed by atoms with Gasteiger partial charge >= 0.3 is 0 Å². The average Bonchev–Trinajstić information content (AvgIpc) is 2.69. The third-order valence-electron chi connectivity index (χ3n) is 2.98. The van der Waals surface area contributed by atoms with Gasteiger partial charge in [-0.1, -0.05) is 0 Å². The summed E-state index contributed by atoms with van der Waals surface area (Å²) >= 11 is 0. The molecular weight excluding hydrogens is 249 g/mol. The Bertz CT molecular complexity index is 475. The van der Waals surface area contributed by atoms with Crippen LogP contribution in [0.15, 0.2) is 24.3 Å². The predicted octanol–water partition coefficient (Wildman–Crippen LogP) is 0.886. The molecule has 0 saturated carbocycles. The number of anilines is 1. The Hall–Kier alpha value is -1.95. The van der Waals surface area contributed by atoms with Crippen LogP contribution in [-0.2, 0) is 9.59 Å². The van der Waals surface area contributed by atoms with Gasteiger partial charge in [0.2, 0.25) is 11.8 Å². The Morgan fingerprint density at radius 3 is 2.63 bits per heavy atom. The Kier molecular flexibility index (Phi) is 4.11. The highest BCUT2D eigenvalue weighted by Crippen LogP contribution is 2.09. The van der Waals surface area contributed by atoms with Gasteiger partial charge in [0.25, 0.3) is 0 Å². The Labute approximate surface area is 111 Å². The normalized spacial score (nSPS) is 15.9. The molecule has 6 heteroatoms. The summed E-state index contributed by atoms with van der Waals surface area (Å²) in [6.45, 7) is 1.45. The molecule has 5 nitrogen and oxygen atoms in total. The van der Waals surface area contributed by atoms with E-state index in [0.29, 0.717) is 31.9 Å². The van der Waals surface area contributed by atoms with Crippen molar-refractivity contribution in [3.63, 3.8) is 0 Å². The van der Waals surface area contributed by atoms with Crippen molar-refractivity contribution >= 4 is 17.5 Å². The average molecular weight is 265 g/mol. The van der Waals surface area contributed by atoms with Crippen molar-refractivity contribution in [3.8, 4) is 0 Å². The number of likely N-dealkylation sites (N-methyl/N-ethyl adjacent to an activating group) is 1. The number of benzene rings is 1. The molecular formula is C13H16FN3O2. The minimum Gasteiger partial charge on any atom is -0.332 e. The van der Waals surface area contributed by atoms with Crippen LogP contribution < -0.4 is 5.32 Å².